The van der Waals surface area contributed by atoms with Crippen molar-refractivity contribution in [2.24, 2.45) is 5.73 Å². The van der Waals surface area contributed by atoms with Gasteiger partial charge in [0.2, 0.25) is 5.91 Å². The Hall–Kier alpha value is -6.15. The summed E-state index contributed by atoms with van der Waals surface area (Å²) >= 11 is 0. The first kappa shape index (κ1) is 46.8. The molecular weight excluding hydrogens is 722 g/mol. The molecule has 0 unspecified atom stereocenters. The first-order valence-corrected chi connectivity index (χ1v) is 15.2. The summed E-state index contributed by atoms with van der Waals surface area (Å²) < 4.78 is 62.1. The molecule has 2 amide bonds. The Morgan fingerprint density at radius 2 is 1.57 bits per heavy atom. The molecule has 21 heteroatoms. The molecule has 3 aromatic rings. The van der Waals surface area contributed by atoms with E-state index in [1.54, 1.807) is 42.5 Å². The van der Waals surface area contributed by atoms with E-state index < -0.39 is 30.3 Å². The molecule has 10 N–H and O–H groups in total. The van der Waals surface area contributed by atoms with Gasteiger partial charge < -0.3 is 37.6 Å². The van der Waals surface area contributed by atoms with Crippen LogP contribution in [-0.2, 0) is 27.5 Å². The number of nitrogens with two attached hydrogens (primary N) is 2. The zero-order valence-electron chi connectivity index (χ0n) is 28.8. The fourth-order valence-corrected chi connectivity index (χ4v) is 3.79. The lowest BCUT2D eigenvalue weighted by molar-refractivity contribution is -0.192. The largest absolute Gasteiger partial charge is 0.490 e. The fourth-order valence-electron chi connectivity index (χ4n) is 3.79. The molecule has 0 saturated heterocycles. The molecule has 0 radical (unpaired) electrons. The monoisotopic (exact) mass is 762 g/mol. The number of carboxylic acid groups (broad SMARTS) is 2. The van der Waals surface area contributed by atoms with Crippen LogP contribution in [0.5, 0.6) is 0 Å². The Morgan fingerprint density at radius 3 is 2.02 bits per heavy atom. The average Bonchev–Trinajstić information content (AvgIpc) is 3.05. The number of benzene rings is 2. The van der Waals surface area contributed by atoms with E-state index in [-0.39, 0.29) is 49.2 Å². The number of carbonyl (C=O) groups excluding carboxylic acids is 2. The lowest BCUT2D eigenvalue weighted by Crippen LogP contribution is -2.35. The number of nitrogens with zero attached hydrogens (tertiary/aromatic N) is 2. The maximum atomic E-state index is 13.4. The predicted molar refractivity (Wildman–Crippen MR) is 183 cm³/mol. The second kappa shape index (κ2) is 22.6. The van der Waals surface area contributed by atoms with Crippen molar-refractivity contribution in [1.82, 2.24) is 20.2 Å². The van der Waals surface area contributed by atoms with Gasteiger partial charge in [0.25, 0.3) is 17.9 Å². The lowest BCUT2D eigenvalue weighted by Gasteiger charge is -2.17. The Morgan fingerprint density at radius 1 is 1.04 bits per heavy atom. The Balaban J connectivity index is 0.00000164. The van der Waals surface area contributed by atoms with Crippen LogP contribution in [0, 0.1) is 5.41 Å². The number of aliphatic carboxylic acids is 1. The van der Waals surface area contributed by atoms with Gasteiger partial charge in [-0.25, -0.2) is 9.78 Å². The number of alkyl halides is 6. The third kappa shape index (κ3) is 18.1. The quantitative estimate of drug-likeness (QED) is 0.0456. The van der Waals surface area contributed by atoms with Crippen LogP contribution in [0.2, 0.25) is 0 Å². The third-order valence-electron chi connectivity index (χ3n) is 6.28. The first-order valence-electron chi connectivity index (χ1n) is 15.2. The summed E-state index contributed by atoms with van der Waals surface area (Å²) in [6, 6.07) is 11.7. The molecule has 15 nitrogen and oxygen atoms in total. The van der Waals surface area contributed by atoms with E-state index >= 15 is 0 Å². The highest BCUT2D eigenvalue weighted by atomic mass is 19.4. The van der Waals surface area contributed by atoms with Gasteiger partial charge in [-0.15, -0.1) is 0 Å². The van der Waals surface area contributed by atoms with Gasteiger partial charge in [0.15, 0.2) is 5.82 Å². The van der Waals surface area contributed by atoms with Crippen LogP contribution < -0.4 is 33.0 Å². The number of anilines is 2. The van der Waals surface area contributed by atoms with Gasteiger partial charge in [-0.05, 0) is 51.0 Å². The average molecular weight is 763 g/mol. The molecule has 1 aromatic heterocycles. The van der Waals surface area contributed by atoms with E-state index in [1.165, 1.54) is 10.8 Å². The number of carbonyl (C=O) groups is 4. The summed E-state index contributed by atoms with van der Waals surface area (Å²) in [7, 11) is 0. The molecule has 0 aliphatic rings. The highest BCUT2D eigenvalue weighted by molar-refractivity contribution is 5.97. The van der Waals surface area contributed by atoms with Crippen LogP contribution in [0.4, 0.5) is 37.8 Å². The number of halogens is 6. The van der Waals surface area contributed by atoms with Gasteiger partial charge in [-0.1, -0.05) is 31.2 Å². The molecule has 1 heterocycles. The first-order chi connectivity index (χ1) is 24.6. The molecule has 2 aromatic carbocycles. The fraction of sp³-hybridized carbons (Fsp3) is 0.344. The Bertz CT molecular complexity index is 1730. The summed E-state index contributed by atoms with van der Waals surface area (Å²) in [5.41, 5.74) is 14.0. The van der Waals surface area contributed by atoms with Gasteiger partial charge >= 0.3 is 18.8 Å². The van der Waals surface area contributed by atoms with Crippen molar-refractivity contribution in [3.05, 3.63) is 75.7 Å². The van der Waals surface area contributed by atoms with Gasteiger partial charge in [0.1, 0.15) is 12.4 Å². The van der Waals surface area contributed by atoms with Crippen LogP contribution in [0.3, 0.4) is 0 Å². The number of amides is 2. The number of aromatic nitrogens is 2. The molecule has 1 atom stereocenters. The van der Waals surface area contributed by atoms with Crippen molar-refractivity contribution in [3.63, 3.8) is 0 Å². The number of nitrogen functional groups attached to an aromatic ring is 2. The van der Waals surface area contributed by atoms with Crippen molar-refractivity contribution < 1.29 is 55.7 Å². The summed E-state index contributed by atoms with van der Waals surface area (Å²) in [5.74, 6) is -3.36. The van der Waals surface area contributed by atoms with Crippen LogP contribution >= 0.6 is 0 Å². The van der Waals surface area contributed by atoms with Crippen molar-refractivity contribution in [2.45, 2.75) is 72.1 Å². The SMILES string of the molecule is CC[C@H](C)NC(=O)c1cc(N)cc(-c2cnc(NC(C)C)c(=O)n2CC(=O)NCc2ccc(C(=N)N)cc2)c1.FC(F)F.O=C(O)C(F)(F)F.O=CO. The molecule has 0 saturated carbocycles. The smallest absolute Gasteiger partial charge is 0.483 e. The van der Waals surface area contributed by atoms with E-state index in [2.05, 4.69) is 20.9 Å². The van der Waals surface area contributed by atoms with Crippen molar-refractivity contribution >= 4 is 41.6 Å². The zero-order valence-corrected chi connectivity index (χ0v) is 28.8. The molecule has 0 fully saturated rings. The number of amidine groups is 1. The molecule has 0 aliphatic carbocycles. The minimum Gasteiger partial charge on any atom is -0.483 e. The summed E-state index contributed by atoms with van der Waals surface area (Å²) in [6.07, 6.45) is -2.82. The Labute approximate surface area is 298 Å². The highest BCUT2D eigenvalue weighted by Crippen LogP contribution is 2.24. The van der Waals surface area contributed by atoms with Gasteiger partial charge in [-0.2, -0.15) is 26.3 Å². The second-order valence-electron chi connectivity index (χ2n) is 10.9. The Kier molecular flexibility index (Phi) is 20.0. The highest BCUT2D eigenvalue weighted by Gasteiger charge is 2.38. The number of rotatable bonds is 11. The maximum absolute atomic E-state index is 13.4. The van der Waals surface area contributed by atoms with Gasteiger partial charge in [0, 0.05) is 41.0 Å². The molecule has 292 valence electrons. The molecule has 0 aliphatic heterocycles. The molecule has 0 spiro atoms. The van der Waals surface area contributed by atoms with Gasteiger partial charge in [0.05, 0.1) is 11.9 Å². The van der Waals surface area contributed by atoms with Gasteiger partial charge in [-0.3, -0.25) is 29.2 Å². The van der Waals surface area contributed by atoms with Crippen LogP contribution in [0.25, 0.3) is 11.3 Å². The lowest BCUT2D eigenvalue weighted by atomic mass is 10.1. The van der Waals surface area contributed by atoms with Crippen molar-refractivity contribution in [3.8, 4) is 11.3 Å². The minimum atomic E-state index is -5.08. The normalized spacial score (nSPS) is 10.9. The van der Waals surface area contributed by atoms with E-state index in [0.29, 0.717) is 28.1 Å². The van der Waals surface area contributed by atoms with Crippen LogP contribution in [0.15, 0.2) is 53.5 Å². The molecule has 0 bridgehead atoms. The zero-order chi connectivity index (χ0) is 41.1. The summed E-state index contributed by atoms with van der Waals surface area (Å²) in [6.45, 7) is 3.66. The molecule has 53 heavy (non-hydrogen) atoms. The molecular formula is C32H40F6N8O7. The van der Waals surface area contributed by atoms with E-state index in [0.717, 1.165) is 12.0 Å². The van der Waals surface area contributed by atoms with E-state index in [9.17, 15) is 40.7 Å². The number of carboxylic acids is 1. The standard InChI is InChI=1S/C28H36N8O3.C2HF3O2.CHF3.CH2O2/c1-5-17(4)35-27(38)21-10-20(11-22(29)12-21)23-14-33-26(34-16(2)3)28(39)36(23)15-24(37)32-13-18-6-8-19(9-7-18)25(30)31;3-2(4,5)1(6)7;2-1(3)4;2-1-3/h6-12,14,16-17H,5,13,15,29H2,1-4H3,(H3,30,31)(H,32,37)(H,33,34)(H,35,38);(H,6,7);1H;1H,(H,2,3)/t17-;;;/m0.../s1. The van der Waals surface area contributed by atoms with E-state index in [1.807, 2.05) is 27.7 Å². The predicted octanol–water partition coefficient (Wildman–Crippen LogP) is 3.95. The minimum absolute atomic E-state index is 0.0222. The maximum Gasteiger partial charge on any atom is 0.490 e. The third-order valence-corrected chi connectivity index (χ3v) is 6.28. The second-order valence-corrected chi connectivity index (χ2v) is 10.9. The molecule has 3 rings (SSSR count). The number of nitrogens with one attached hydrogen (secondary N) is 4. The number of hydrogen-bond donors (Lipinski definition) is 8. The van der Waals surface area contributed by atoms with Crippen LogP contribution in [0.1, 0.15) is 55.6 Å². The van der Waals surface area contributed by atoms with Crippen molar-refractivity contribution in [1.29, 1.82) is 5.41 Å². The van der Waals surface area contributed by atoms with E-state index in [4.69, 9.17) is 36.7 Å². The summed E-state index contributed by atoms with van der Waals surface area (Å²) in [4.78, 5) is 60.7. The summed E-state index contributed by atoms with van der Waals surface area (Å²) in [5, 5.41) is 30.3. The van der Waals surface area contributed by atoms with Crippen LogP contribution in [-0.4, -0.2) is 74.8 Å². The topological polar surface area (TPSA) is 256 Å². The van der Waals surface area contributed by atoms with Crippen molar-refractivity contribution in [2.75, 3.05) is 11.1 Å². The number of hydrogen-bond acceptors (Lipinski definition) is 9.